The summed E-state index contributed by atoms with van der Waals surface area (Å²) in [6.45, 7) is 5.95. The zero-order valence-corrected chi connectivity index (χ0v) is 18.3. The molecule has 1 aliphatic heterocycles. The van der Waals surface area contributed by atoms with Gasteiger partial charge in [-0.2, -0.15) is 0 Å². The number of methoxy groups -OCH3 is 1. The predicted octanol–water partition coefficient (Wildman–Crippen LogP) is 4.83. The fourth-order valence-corrected chi connectivity index (χ4v) is 4.91. The summed E-state index contributed by atoms with van der Waals surface area (Å²) in [6.07, 6.45) is 4.85. The van der Waals surface area contributed by atoms with Gasteiger partial charge in [0.25, 0.3) is 0 Å². The third kappa shape index (κ3) is 4.12. The quantitative estimate of drug-likeness (QED) is 0.639. The zero-order chi connectivity index (χ0) is 21.1. The van der Waals surface area contributed by atoms with Crippen molar-refractivity contribution in [2.24, 2.45) is 5.92 Å². The second-order valence-corrected chi connectivity index (χ2v) is 8.67. The average Bonchev–Trinajstić information content (AvgIpc) is 2.98. The average molecular weight is 408 g/mol. The van der Waals surface area contributed by atoms with E-state index >= 15 is 0 Å². The highest BCUT2D eigenvalue weighted by atomic mass is 16.5. The number of para-hydroxylation sites is 1. The molecule has 0 amide bonds. The van der Waals surface area contributed by atoms with Crippen molar-refractivity contribution in [3.05, 3.63) is 64.9 Å². The van der Waals surface area contributed by atoms with Crippen LogP contribution < -0.4 is 10.1 Å². The number of aryl methyl sites for hydroxylation is 2. The van der Waals surface area contributed by atoms with Crippen molar-refractivity contribution in [1.82, 2.24) is 5.32 Å². The molecule has 0 spiro atoms. The van der Waals surface area contributed by atoms with Crippen molar-refractivity contribution in [2.75, 3.05) is 20.2 Å². The van der Waals surface area contributed by atoms with Crippen molar-refractivity contribution in [3.8, 4) is 5.75 Å². The van der Waals surface area contributed by atoms with Gasteiger partial charge >= 0.3 is 0 Å². The van der Waals surface area contributed by atoms with Crippen LogP contribution in [0, 0.1) is 12.8 Å². The van der Waals surface area contributed by atoms with Crippen LogP contribution in [0.15, 0.2) is 46.9 Å². The molecule has 160 valence electrons. The lowest BCUT2D eigenvalue weighted by Gasteiger charge is -2.38. The Morgan fingerprint density at radius 3 is 2.87 bits per heavy atom. The van der Waals surface area contributed by atoms with Gasteiger partial charge < -0.3 is 19.6 Å². The second kappa shape index (κ2) is 8.83. The minimum absolute atomic E-state index is 0.329. The van der Waals surface area contributed by atoms with Crippen LogP contribution in [0.2, 0.25) is 0 Å². The van der Waals surface area contributed by atoms with E-state index in [-0.39, 0.29) is 0 Å². The molecule has 2 atom stereocenters. The van der Waals surface area contributed by atoms with Gasteiger partial charge in [-0.1, -0.05) is 42.8 Å². The summed E-state index contributed by atoms with van der Waals surface area (Å²) in [4.78, 5) is 0. The third-order valence-corrected chi connectivity index (χ3v) is 6.61. The number of ether oxygens (including phenoxy) is 1. The number of β-amino-alcohol motifs (C(OH)–C–C–N with tert-alkyl or cyclic N) is 1. The first kappa shape index (κ1) is 21.0. The molecule has 4 nitrogen and oxygen atoms in total. The molecule has 1 aromatic heterocycles. The largest absolute Gasteiger partial charge is 0.496 e. The minimum atomic E-state index is -0.601. The highest BCUT2D eigenvalue weighted by molar-refractivity contribution is 5.82. The van der Waals surface area contributed by atoms with Gasteiger partial charge in [-0.25, -0.2) is 0 Å². The van der Waals surface area contributed by atoms with Gasteiger partial charge in [0.2, 0.25) is 0 Å². The maximum Gasteiger partial charge on any atom is 0.134 e. The molecule has 0 radical (unpaired) electrons. The monoisotopic (exact) mass is 407 g/mol. The Morgan fingerprint density at radius 1 is 1.23 bits per heavy atom. The minimum Gasteiger partial charge on any atom is -0.496 e. The first-order valence-corrected chi connectivity index (χ1v) is 11.1. The molecule has 2 unspecified atom stereocenters. The lowest BCUT2D eigenvalue weighted by atomic mass is 9.73. The van der Waals surface area contributed by atoms with E-state index in [1.54, 1.807) is 7.11 Å². The van der Waals surface area contributed by atoms with Gasteiger partial charge in [-0.05, 0) is 56.3 Å². The number of furan rings is 1. The highest BCUT2D eigenvalue weighted by Crippen LogP contribution is 2.41. The van der Waals surface area contributed by atoms with Crippen LogP contribution in [0.25, 0.3) is 11.0 Å². The molecule has 2 heterocycles. The van der Waals surface area contributed by atoms with Gasteiger partial charge in [0, 0.05) is 30.3 Å². The number of hydrogen-bond donors (Lipinski definition) is 2. The standard InChI is InChI=1S/C16H19NO2.C10H14O/c18-16-9-13-12-5-1-2-6-14(12)19-15(13)8-11(16)4-3-7-17-10-16;1-4-9-7-8(2)5-6-10(9)11-3/h1-2,5-6,11,17-18H,3-4,7-10H2;5-7H,4H2,1-3H3. The molecule has 0 bridgehead atoms. The van der Waals surface area contributed by atoms with Gasteiger partial charge in [-0.15, -0.1) is 0 Å². The third-order valence-electron chi connectivity index (χ3n) is 6.61. The van der Waals surface area contributed by atoms with Gasteiger partial charge in [0.1, 0.15) is 17.1 Å². The highest BCUT2D eigenvalue weighted by Gasteiger charge is 2.43. The summed E-state index contributed by atoms with van der Waals surface area (Å²) in [5, 5.41) is 15.5. The summed E-state index contributed by atoms with van der Waals surface area (Å²) in [5.74, 6) is 2.42. The van der Waals surface area contributed by atoms with Crippen molar-refractivity contribution in [2.45, 2.75) is 51.6 Å². The molecule has 30 heavy (non-hydrogen) atoms. The van der Waals surface area contributed by atoms with Crippen LogP contribution in [0.5, 0.6) is 5.75 Å². The fourth-order valence-electron chi connectivity index (χ4n) is 4.91. The Hall–Kier alpha value is -2.30. The Kier molecular flexibility index (Phi) is 6.16. The second-order valence-electron chi connectivity index (χ2n) is 8.67. The first-order valence-electron chi connectivity index (χ1n) is 11.1. The molecule has 2 aromatic carbocycles. The van der Waals surface area contributed by atoms with Crippen molar-refractivity contribution >= 4 is 11.0 Å². The lowest BCUT2D eigenvalue weighted by Crippen LogP contribution is -2.49. The maximum atomic E-state index is 11.0. The van der Waals surface area contributed by atoms with Crippen molar-refractivity contribution < 1.29 is 14.3 Å². The molecule has 5 rings (SSSR count). The van der Waals surface area contributed by atoms with E-state index in [1.165, 1.54) is 22.1 Å². The summed E-state index contributed by atoms with van der Waals surface area (Å²) >= 11 is 0. The normalized spacial score (nSPS) is 23.0. The van der Waals surface area contributed by atoms with Gasteiger partial charge in [-0.3, -0.25) is 0 Å². The summed E-state index contributed by atoms with van der Waals surface area (Å²) in [5.41, 5.74) is 4.16. The molecule has 1 aliphatic carbocycles. The number of rotatable bonds is 2. The Labute approximate surface area is 179 Å². The van der Waals surface area contributed by atoms with Crippen molar-refractivity contribution in [1.29, 1.82) is 0 Å². The van der Waals surface area contributed by atoms with E-state index in [2.05, 4.69) is 37.4 Å². The SMILES string of the molecule is CCc1cc(C)ccc1OC.OC12CNCCCC1Cc1oc3ccccc3c1C2. The van der Waals surface area contributed by atoms with Gasteiger partial charge in [0.05, 0.1) is 12.7 Å². The summed E-state index contributed by atoms with van der Waals surface area (Å²) in [6, 6.07) is 14.4. The topological polar surface area (TPSA) is 54.6 Å². The van der Waals surface area contributed by atoms with Crippen LogP contribution >= 0.6 is 0 Å². The number of aliphatic hydroxyl groups is 1. The maximum absolute atomic E-state index is 11.0. The van der Waals surface area contributed by atoms with Crippen LogP contribution in [-0.2, 0) is 19.3 Å². The zero-order valence-electron chi connectivity index (χ0n) is 18.3. The molecule has 1 saturated heterocycles. The van der Waals surface area contributed by atoms with E-state index in [9.17, 15) is 5.11 Å². The van der Waals surface area contributed by atoms with E-state index in [1.807, 2.05) is 24.3 Å². The molecule has 2 N–H and O–H groups in total. The Balaban J connectivity index is 0.000000170. The van der Waals surface area contributed by atoms with Crippen LogP contribution in [0.3, 0.4) is 0 Å². The fraction of sp³-hybridized carbons (Fsp3) is 0.462. The number of fused-ring (bicyclic) bond motifs is 4. The van der Waals surface area contributed by atoms with E-state index in [0.717, 1.165) is 55.7 Å². The van der Waals surface area contributed by atoms with E-state index in [4.69, 9.17) is 9.15 Å². The summed E-state index contributed by atoms with van der Waals surface area (Å²) in [7, 11) is 1.71. The first-order chi connectivity index (χ1) is 14.5. The molecule has 1 fully saturated rings. The summed E-state index contributed by atoms with van der Waals surface area (Å²) < 4.78 is 11.2. The Bertz CT molecular complexity index is 1010. The molecule has 2 aliphatic rings. The van der Waals surface area contributed by atoms with Crippen LogP contribution in [0.4, 0.5) is 0 Å². The van der Waals surface area contributed by atoms with Gasteiger partial charge in [0.15, 0.2) is 0 Å². The molecule has 3 aromatic rings. The van der Waals surface area contributed by atoms with E-state index in [0.29, 0.717) is 12.5 Å². The number of benzene rings is 2. The van der Waals surface area contributed by atoms with Crippen LogP contribution in [0.1, 0.15) is 42.2 Å². The van der Waals surface area contributed by atoms with Crippen molar-refractivity contribution in [3.63, 3.8) is 0 Å². The predicted molar refractivity (Wildman–Crippen MR) is 121 cm³/mol. The number of hydrogen-bond acceptors (Lipinski definition) is 4. The lowest BCUT2D eigenvalue weighted by molar-refractivity contribution is -0.0224. The molecule has 0 saturated carbocycles. The number of nitrogens with one attached hydrogen (secondary N) is 1. The van der Waals surface area contributed by atoms with E-state index < -0.39 is 5.60 Å². The Morgan fingerprint density at radius 2 is 2.07 bits per heavy atom. The molecule has 4 heteroatoms. The van der Waals surface area contributed by atoms with Crippen LogP contribution in [-0.4, -0.2) is 30.9 Å². The smallest absolute Gasteiger partial charge is 0.134 e. The molecular formula is C26H33NO3. The molecular weight excluding hydrogens is 374 g/mol.